The quantitative estimate of drug-likeness (QED) is 0.726. The van der Waals surface area contributed by atoms with Gasteiger partial charge >= 0.3 is 0 Å². The molecule has 0 radical (unpaired) electrons. The second kappa shape index (κ2) is 4.86. The van der Waals surface area contributed by atoms with Crippen LogP contribution in [0.3, 0.4) is 0 Å². The van der Waals surface area contributed by atoms with Crippen molar-refractivity contribution >= 4 is 28.3 Å². The van der Waals surface area contributed by atoms with Crippen LogP contribution in [0, 0.1) is 0 Å². The van der Waals surface area contributed by atoms with Gasteiger partial charge in [-0.1, -0.05) is 17.7 Å². The van der Waals surface area contributed by atoms with Gasteiger partial charge in [0.1, 0.15) is 17.9 Å². The van der Waals surface area contributed by atoms with Crippen LogP contribution >= 0.6 is 11.6 Å². The van der Waals surface area contributed by atoms with Crippen molar-refractivity contribution in [2.75, 3.05) is 5.73 Å². The molecule has 0 saturated heterocycles. The van der Waals surface area contributed by atoms with Crippen molar-refractivity contribution in [1.29, 1.82) is 0 Å². The van der Waals surface area contributed by atoms with E-state index in [1.165, 1.54) is 0 Å². The molecule has 3 rings (SSSR count). The third-order valence-corrected chi connectivity index (χ3v) is 3.11. The molecule has 1 heterocycles. The molecule has 3 aromatic rings. The molecule has 0 bridgehead atoms. The van der Waals surface area contributed by atoms with E-state index in [0.29, 0.717) is 17.3 Å². The van der Waals surface area contributed by atoms with Crippen molar-refractivity contribution in [2.24, 2.45) is 0 Å². The van der Waals surface area contributed by atoms with E-state index < -0.39 is 0 Å². The number of furan rings is 1. The molecule has 1 aromatic heterocycles. The second-order valence-electron chi connectivity index (χ2n) is 4.26. The highest BCUT2D eigenvalue weighted by atomic mass is 35.5. The number of anilines is 1. The van der Waals surface area contributed by atoms with E-state index in [1.54, 1.807) is 18.4 Å². The summed E-state index contributed by atoms with van der Waals surface area (Å²) in [5, 5.41) is 1.67. The van der Waals surface area contributed by atoms with Crippen LogP contribution in [0.2, 0.25) is 5.02 Å². The lowest BCUT2D eigenvalue weighted by Gasteiger charge is -2.05. The maximum absolute atomic E-state index is 5.91. The Balaban J connectivity index is 1.82. The molecule has 0 aliphatic heterocycles. The number of nitrogens with two attached hydrogens (primary N) is 1. The highest BCUT2D eigenvalue weighted by molar-refractivity contribution is 6.30. The SMILES string of the molecule is Nc1ccc2c(COc3cccc(Cl)c3)coc2c1. The molecule has 0 fully saturated rings. The number of hydrogen-bond acceptors (Lipinski definition) is 3. The fraction of sp³-hybridized carbons (Fsp3) is 0.0667. The largest absolute Gasteiger partial charge is 0.489 e. The molecular formula is C15H12ClNO2. The number of nitrogen functional groups attached to an aromatic ring is 1. The minimum atomic E-state index is 0.428. The lowest BCUT2D eigenvalue weighted by molar-refractivity contribution is 0.306. The summed E-state index contributed by atoms with van der Waals surface area (Å²) in [6, 6.07) is 12.9. The van der Waals surface area contributed by atoms with Gasteiger partial charge in [0.05, 0.1) is 6.26 Å². The molecule has 19 heavy (non-hydrogen) atoms. The average Bonchev–Trinajstić information content (AvgIpc) is 2.78. The van der Waals surface area contributed by atoms with Crippen molar-refractivity contribution in [3.05, 3.63) is 59.3 Å². The van der Waals surface area contributed by atoms with E-state index in [0.717, 1.165) is 22.3 Å². The Bertz CT molecular complexity index is 721. The van der Waals surface area contributed by atoms with E-state index in [9.17, 15) is 0 Å². The highest BCUT2D eigenvalue weighted by Gasteiger charge is 2.07. The fourth-order valence-corrected chi connectivity index (χ4v) is 2.11. The number of hydrogen-bond donors (Lipinski definition) is 1. The Kier molecular flexibility index (Phi) is 3.05. The summed E-state index contributed by atoms with van der Waals surface area (Å²) in [7, 11) is 0. The van der Waals surface area contributed by atoms with Crippen LogP contribution in [0.5, 0.6) is 5.75 Å². The van der Waals surface area contributed by atoms with E-state index in [-0.39, 0.29) is 0 Å². The molecule has 4 heteroatoms. The monoisotopic (exact) mass is 273 g/mol. The predicted octanol–water partition coefficient (Wildman–Crippen LogP) is 4.25. The predicted molar refractivity (Wildman–Crippen MR) is 76.4 cm³/mol. The molecule has 0 amide bonds. The van der Waals surface area contributed by atoms with Crippen LogP contribution in [-0.2, 0) is 6.61 Å². The Morgan fingerprint density at radius 2 is 2.05 bits per heavy atom. The van der Waals surface area contributed by atoms with Crippen molar-refractivity contribution in [2.45, 2.75) is 6.61 Å². The van der Waals surface area contributed by atoms with E-state index >= 15 is 0 Å². The van der Waals surface area contributed by atoms with Gasteiger partial charge < -0.3 is 14.9 Å². The third-order valence-electron chi connectivity index (χ3n) is 2.87. The lowest BCUT2D eigenvalue weighted by Crippen LogP contribution is -1.94. The first-order valence-corrected chi connectivity index (χ1v) is 6.24. The summed E-state index contributed by atoms with van der Waals surface area (Å²) >= 11 is 5.91. The molecule has 0 unspecified atom stereocenters. The van der Waals surface area contributed by atoms with Crippen LogP contribution in [0.15, 0.2) is 53.1 Å². The van der Waals surface area contributed by atoms with Crippen LogP contribution in [-0.4, -0.2) is 0 Å². The van der Waals surface area contributed by atoms with Crippen LogP contribution < -0.4 is 10.5 Å². The Morgan fingerprint density at radius 3 is 2.89 bits per heavy atom. The zero-order chi connectivity index (χ0) is 13.2. The molecule has 0 aliphatic carbocycles. The number of fused-ring (bicyclic) bond motifs is 1. The van der Waals surface area contributed by atoms with Gasteiger partial charge in [-0.3, -0.25) is 0 Å². The number of rotatable bonds is 3. The molecule has 0 spiro atoms. The summed E-state index contributed by atoms with van der Waals surface area (Å²) < 4.78 is 11.1. The fourth-order valence-electron chi connectivity index (χ4n) is 1.93. The maximum Gasteiger partial charge on any atom is 0.136 e. The molecule has 0 saturated carbocycles. The topological polar surface area (TPSA) is 48.4 Å². The van der Waals surface area contributed by atoms with Gasteiger partial charge in [0.15, 0.2) is 0 Å². The minimum absolute atomic E-state index is 0.428. The van der Waals surface area contributed by atoms with Gasteiger partial charge in [-0.05, 0) is 30.3 Å². The highest BCUT2D eigenvalue weighted by Crippen LogP contribution is 2.25. The Hall–Kier alpha value is -2.13. The Labute approximate surface area is 115 Å². The van der Waals surface area contributed by atoms with Crippen LogP contribution in [0.1, 0.15) is 5.56 Å². The summed E-state index contributed by atoms with van der Waals surface area (Å²) in [6.45, 7) is 0.428. The third kappa shape index (κ3) is 2.51. The molecule has 96 valence electrons. The Morgan fingerprint density at radius 1 is 1.16 bits per heavy atom. The van der Waals surface area contributed by atoms with E-state index in [2.05, 4.69) is 0 Å². The molecule has 0 aliphatic rings. The first-order valence-electron chi connectivity index (χ1n) is 5.86. The zero-order valence-corrected chi connectivity index (χ0v) is 10.9. The van der Waals surface area contributed by atoms with Crippen molar-refractivity contribution in [3.63, 3.8) is 0 Å². The zero-order valence-electron chi connectivity index (χ0n) is 10.1. The first-order chi connectivity index (χ1) is 9.22. The van der Waals surface area contributed by atoms with Gasteiger partial charge in [0.25, 0.3) is 0 Å². The van der Waals surface area contributed by atoms with Gasteiger partial charge in [0.2, 0.25) is 0 Å². The van der Waals surface area contributed by atoms with Gasteiger partial charge in [-0.15, -0.1) is 0 Å². The smallest absolute Gasteiger partial charge is 0.136 e. The minimum Gasteiger partial charge on any atom is -0.489 e. The molecule has 0 atom stereocenters. The summed E-state index contributed by atoms with van der Waals surface area (Å²) in [5.41, 5.74) is 8.14. The number of ether oxygens (including phenoxy) is 1. The van der Waals surface area contributed by atoms with Gasteiger partial charge in [-0.25, -0.2) is 0 Å². The normalized spacial score (nSPS) is 10.8. The van der Waals surface area contributed by atoms with Crippen LogP contribution in [0.4, 0.5) is 5.69 Å². The molecule has 3 nitrogen and oxygen atoms in total. The van der Waals surface area contributed by atoms with Crippen molar-refractivity contribution in [3.8, 4) is 5.75 Å². The lowest BCUT2D eigenvalue weighted by atomic mass is 10.2. The standard InChI is InChI=1S/C15H12ClNO2/c16-11-2-1-3-13(6-11)18-8-10-9-19-15-7-12(17)4-5-14(10)15/h1-7,9H,8,17H2. The number of benzene rings is 2. The van der Waals surface area contributed by atoms with E-state index in [1.807, 2.05) is 30.3 Å². The molecule has 2 N–H and O–H groups in total. The van der Waals surface area contributed by atoms with Crippen molar-refractivity contribution in [1.82, 2.24) is 0 Å². The average molecular weight is 274 g/mol. The second-order valence-corrected chi connectivity index (χ2v) is 4.70. The van der Waals surface area contributed by atoms with Gasteiger partial charge in [-0.2, -0.15) is 0 Å². The first kappa shape index (κ1) is 11.9. The van der Waals surface area contributed by atoms with Crippen LogP contribution in [0.25, 0.3) is 11.0 Å². The van der Waals surface area contributed by atoms with Crippen molar-refractivity contribution < 1.29 is 9.15 Å². The molecular weight excluding hydrogens is 262 g/mol. The van der Waals surface area contributed by atoms with Gasteiger partial charge in [0, 0.05) is 27.7 Å². The summed E-state index contributed by atoms with van der Waals surface area (Å²) in [6.07, 6.45) is 1.69. The number of halogens is 1. The maximum atomic E-state index is 5.91. The van der Waals surface area contributed by atoms with E-state index in [4.69, 9.17) is 26.5 Å². The summed E-state index contributed by atoms with van der Waals surface area (Å²) in [4.78, 5) is 0. The molecule has 2 aromatic carbocycles. The summed E-state index contributed by atoms with van der Waals surface area (Å²) in [5.74, 6) is 0.734.